The summed E-state index contributed by atoms with van der Waals surface area (Å²) in [5, 5.41) is 38.5. The van der Waals surface area contributed by atoms with E-state index in [1.165, 1.54) is 42.1 Å². The van der Waals surface area contributed by atoms with Crippen LogP contribution >= 0.6 is 0 Å². The molecule has 0 bridgehead atoms. The fourth-order valence-corrected chi connectivity index (χ4v) is 0.523. The van der Waals surface area contributed by atoms with E-state index in [2.05, 4.69) is 30.0 Å². The third-order valence-electron chi connectivity index (χ3n) is 1.57. The number of nitrogens with zero attached hydrogens (tertiary/aromatic N) is 3. The van der Waals surface area contributed by atoms with Crippen molar-refractivity contribution in [2.24, 2.45) is 15.5 Å². The molecule has 12 nitrogen and oxygen atoms in total. The van der Waals surface area contributed by atoms with Crippen molar-refractivity contribution in [2.75, 3.05) is 21.3 Å². The third-order valence-corrected chi connectivity index (χ3v) is 1.57. The second-order valence-electron chi connectivity index (χ2n) is 3.44. The SMILES string of the molecule is CO/N=C(\C)C(=O)[O-].CO/N=C(\C)C(=O)[O-].CO/N=C(\C)C(=O)[O-].[Ga+3]. The molecule has 0 unspecified atom stereocenters. The number of hydrogen-bond acceptors (Lipinski definition) is 12. The average Bonchev–Trinajstić information content (AvgIpc) is 2.49. The molecule has 0 N–H and O–H groups in total. The monoisotopic (exact) mass is 417 g/mol. The largest absolute Gasteiger partial charge is 3.00 e. The molecule has 0 spiro atoms. The van der Waals surface area contributed by atoms with Crippen LogP contribution in [0.1, 0.15) is 20.8 Å². The van der Waals surface area contributed by atoms with Gasteiger partial charge >= 0.3 is 19.8 Å². The second kappa shape index (κ2) is 19.5. The van der Waals surface area contributed by atoms with Gasteiger partial charge in [-0.15, -0.1) is 0 Å². The topological polar surface area (TPSA) is 185 Å². The molecule has 13 heteroatoms. The van der Waals surface area contributed by atoms with Gasteiger partial charge in [0.25, 0.3) is 0 Å². The van der Waals surface area contributed by atoms with Gasteiger partial charge in [-0.2, -0.15) is 0 Å². The summed E-state index contributed by atoms with van der Waals surface area (Å²) < 4.78 is 0. The van der Waals surface area contributed by atoms with Crippen LogP contribution in [0.3, 0.4) is 0 Å². The zero-order valence-electron chi connectivity index (χ0n) is 14.6. The number of carbonyl (C=O) groups excluding carboxylic acids is 3. The quantitative estimate of drug-likeness (QED) is 0.235. The maximum Gasteiger partial charge on any atom is 3.00 e. The number of oxime groups is 3. The van der Waals surface area contributed by atoms with Crippen molar-refractivity contribution in [1.29, 1.82) is 0 Å². The van der Waals surface area contributed by atoms with Gasteiger partial charge in [-0.25, -0.2) is 0 Å². The Morgan fingerprint density at radius 3 is 0.800 bits per heavy atom. The minimum Gasteiger partial charge on any atom is -0.543 e. The molecule has 138 valence electrons. The molecule has 0 rings (SSSR count). The van der Waals surface area contributed by atoms with Gasteiger partial charge in [-0.1, -0.05) is 15.5 Å². The average molecular weight is 418 g/mol. The summed E-state index contributed by atoms with van der Waals surface area (Å²) in [4.78, 5) is 41.7. The van der Waals surface area contributed by atoms with Crippen LogP contribution in [0, 0.1) is 0 Å². The summed E-state index contributed by atoms with van der Waals surface area (Å²) in [5.74, 6) is -3.94. The summed E-state index contributed by atoms with van der Waals surface area (Å²) in [6.07, 6.45) is 0. The van der Waals surface area contributed by atoms with Gasteiger partial charge in [0.15, 0.2) is 0 Å². The number of rotatable bonds is 6. The fourth-order valence-electron chi connectivity index (χ4n) is 0.523. The number of carboxylic acid groups (broad SMARTS) is 3. The van der Waals surface area contributed by atoms with Crippen LogP contribution in [-0.2, 0) is 28.9 Å². The molecule has 0 fully saturated rings. The number of carbonyl (C=O) groups is 3. The Bertz CT molecular complexity index is 433. The Balaban J connectivity index is -0.000000130. The molecule has 0 aromatic carbocycles. The first-order valence-corrected chi connectivity index (χ1v) is 5.92. The Labute approximate surface area is 157 Å². The smallest absolute Gasteiger partial charge is 0.543 e. The molecule has 0 saturated heterocycles. The molecule has 0 aliphatic rings. The van der Waals surface area contributed by atoms with Gasteiger partial charge in [-0.05, 0) is 20.8 Å². The number of aliphatic carboxylic acids is 3. The Kier molecular flexibility index (Phi) is 23.7. The van der Waals surface area contributed by atoms with Crippen LogP contribution < -0.4 is 15.3 Å². The molecule has 0 heterocycles. The van der Waals surface area contributed by atoms with E-state index >= 15 is 0 Å². The minimum absolute atomic E-state index is 0. The maximum atomic E-state index is 9.77. The van der Waals surface area contributed by atoms with Crippen LogP contribution in [0.2, 0.25) is 0 Å². The molecular formula is C12H18GaN3O9. The molecule has 0 atom stereocenters. The molecule has 0 aromatic heterocycles. The summed E-state index contributed by atoms with van der Waals surface area (Å²) in [6.45, 7) is 3.87. The standard InChI is InChI=1S/3C4H7NO3.Ga/c3*1-3(4(6)7)5-8-2;/h3*1-2H3,(H,6,7);/q;;;+3/p-3/b3*5-3+;. The second-order valence-corrected chi connectivity index (χ2v) is 3.44. The third kappa shape index (κ3) is 23.8. The molecule has 0 radical (unpaired) electrons. The summed E-state index contributed by atoms with van der Waals surface area (Å²) in [6, 6.07) is 0. The normalized spacial score (nSPS) is 10.6. The molecule has 0 aromatic rings. The fraction of sp³-hybridized carbons (Fsp3) is 0.500. The van der Waals surface area contributed by atoms with Gasteiger partial charge in [0.05, 0.1) is 35.0 Å². The van der Waals surface area contributed by atoms with Gasteiger partial charge in [0.1, 0.15) is 21.3 Å². The van der Waals surface area contributed by atoms with Crippen molar-refractivity contribution in [1.82, 2.24) is 0 Å². The summed E-state index contributed by atoms with van der Waals surface area (Å²) in [7, 11) is 3.81. The number of hydrogen-bond donors (Lipinski definition) is 0. The zero-order chi connectivity index (χ0) is 19.7. The van der Waals surface area contributed by atoms with Gasteiger partial charge < -0.3 is 44.2 Å². The van der Waals surface area contributed by atoms with E-state index in [-0.39, 0.29) is 36.9 Å². The molecule has 0 amide bonds. The predicted molar refractivity (Wildman–Crippen MR) is 81.1 cm³/mol. The summed E-state index contributed by atoms with van der Waals surface area (Å²) >= 11 is 0. The van der Waals surface area contributed by atoms with E-state index in [1.807, 2.05) is 0 Å². The molecule has 0 aliphatic carbocycles. The number of carboxylic acids is 3. The van der Waals surface area contributed by atoms with Crippen LogP contribution in [0.15, 0.2) is 15.5 Å². The van der Waals surface area contributed by atoms with E-state index in [1.54, 1.807) is 0 Å². The first-order valence-electron chi connectivity index (χ1n) is 5.92. The maximum absolute atomic E-state index is 9.77. The first-order chi connectivity index (χ1) is 11.0. The van der Waals surface area contributed by atoms with E-state index in [9.17, 15) is 29.7 Å². The van der Waals surface area contributed by atoms with Crippen LogP contribution in [0.25, 0.3) is 0 Å². The van der Waals surface area contributed by atoms with Crippen LogP contribution in [0.5, 0.6) is 0 Å². The van der Waals surface area contributed by atoms with Crippen molar-refractivity contribution in [2.45, 2.75) is 20.8 Å². The van der Waals surface area contributed by atoms with Gasteiger partial charge in [-0.3, -0.25) is 0 Å². The van der Waals surface area contributed by atoms with Crippen molar-refractivity contribution in [3.8, 4) is 0 Å². The van der Waals surface area contributed by atoms with Gasteiger partial charge in [0, 0.05) is 0 Å². The predicted octanol–water partition coefficient (Wildman–Crippen LogP) is -4.10. The van der Waals surface area contributed by atoms with E-state index in [0.717, 1.165) is 0 Å². The van der Waals surface area contributed by atoms with Crippen molar-refractivity contribution < 1.29 is 44.2 Å². The Morgan fingerprint density at radius 1 is 0.600 bits per heavy atom. The van der Waals surface area contributed by atoms with Crippen molar-refractivity contribution in [3.05, 3.63) is 0 Å². The van der Waals surface area contributed by atoms with Crippen molar-refractivity contribution in [3.63, 3.8) is 0 Å². The minimum atomic E-state index is -1.31. The zero-order valence-corrected chi connectivity index (χ0v) is 17.0. The van der Waals surface area contributed by atoms with Crippen LogP contribution in [0.4, 0.5) is 0 Å². The molecule has 0 aliphatic heterocycles. The van der Waals surface area contributed by atoms with Gasteiger partial charge in [0.2, 0.25) is 0 Å². The molecule has 0 saturated carbocycles. The van der Waals surface area contributed by atoms with E-state index < -0.39 is 17.9 Å². The van der Waals surface area contributed by atoms with E-state index in [4.69, 9.17) is 0 Å². The summed E-state index contributed by atoms with van der Waals surface area (Å²) in [5.41, 5.74) is -0.479. The van der Waals surface area contributed by atoms with Crippen molar-refractivity contribution >= 4 is 54.8 Å². The Hall–Kier alpha value is -2.54. The Morgan fingerprint density at radius 2 is 0.760 bits per heavy atom. The molecule has 25 heavy (non-hydrogen) atoms. The van der Waals surface area contributed by atoms with Crippen LogP contribution in [-0.4, -0.2) is 76.2 Å². The molecular weight excluding hydrogens is 400 g/mol. The first kappa shape index (κ1) is 30.4. The van der Waals surface area contributed by atoms with E-state index in [0.29, 0.717) is 0 Å².